The zero-order valence-corrected chi connectivity index (χ0v) is 11.6. The lowest BCUT2D eigenvalue weighted by Gasteiger charge is -2.18. The second kappa shape index (κ2) is 7.54. The normalized spacial score (nSPS) is 10.3. The van der Waals surface area contributed by atoms with Crippen LogP contribution >= 0.6 is 0 Å². The van der Waals surface area contributed by atoms with Crippen molar-refractivity contribution in [2.45, 2.75) is 20.4 Å². The molecule has 110 valence electrons. The lowest BCUT2D eigenvalue weighted by Crippen LogP contribution is -2.37. The summed E-state index contributed by atoms with van der Waals surface area (Å²) >= 11 is 0. The van der Waals surface area contributed by atoms with E-state index in [-0.39, 0.29) is 24.6 Å². The molecule has 1 rings (SSSR count). The van der Waals surface area contributed by atoms with Crippen molar-refractivity contribution in [3.63, 3.8) is 0 Å². The Bertz CT molecular complexity index is 490. The molecule has 0 unspecified atom stereocenters. The number of amides is 1. The molecule has 0 radical (unpaired) electrons. The Hall–Kier alpha value is -2.02. The van der Waals surface area contributed by atoms with Crippen LogP contribution in [0, 0.1) is 15.9 Å². The molecule has 0 aliphatic heterocycles. The van der Waals surface area contributed by atoms with Gasteiger partial charge in [0.1, 0.15) is 0 Å². The summed E-state index contributed by atoms with van der Waals surface area (Å²) in [5.41, 5.74) is -0.383. The predicted molar refractivity (Wildman–Crippen MR) is 72.7 cm³/mol. The summed E-state index contributed by atoms with van der Waals surface area (Å²) in [7, 11) is 0. The van der Waals surface area contributed by atoms with Crippen molar-refractivity contribution in [3.05, 3.63) is 39.7 Å². The Labute approximate surface area is 116 Å². The van der Waals surface area contributed by atoms with E-state index in [1.54, 1.807) is 4.90 Å². The van der Waals surface area contributed by atoms with Crippen LogP contribution in [0.5, 0.6) is 0 Å². The molecule has 1 aromatic rings. The highest BCUT2D eigenvalue weighted by atomic mass is 19.1. The van der Waals surface area contributed by atoms with Gasteiger partial charge >= 0.3 is 5.69 Å². The summed E-state index contributed by atoms with van der Waals surface area (Å²) in [6.07, 6.45) is 0. The molecule has 0 aliphatic rings. The van der Waals surface area contributed by atoms with Crippen LogP contribution in [0.3, 0.4) is 0 Å². The first-order valence-corrected chi connectivity index (χ1v) is 6.41. The maximum absolute atomic E-state index is 13.8. The van der Waals surface area contributed by atoms with Gasteiger partial charge in [-0.2, -0.15) is 4.39 Å². The standard InChI is InChI=1S/C13H18FN3O3/c1-3-16(4-2)12(18)9-15-8-10-6-5-7-11(13(10)14)17(19)20/h5-7,15H,3-4,8-9H2,1-2H3. The molecule has 1 aromatic carbocycles. The minimum absolute atomic E-state index is 0.0700. The molecule has 0 bridgehead atoms. The quantitative estimate of drug-likeness (QED) is 0.610. The molecule has 0 atom stereocenters. The smallest absolute Gasteiger partial charge is 0.305 e. The van der Waals surface area contributed by atoms with Gasteiger partial charge in [-0.15, -0.1) is 0 Å². The Morgan fingerprint density at radius 1 is 1.40 bits per heavy atom. The Balaban J connectivity index is 2.61. The second-order valence-corrected chi connectivity index (χ2v) is 4.18. The summed E-state index contributed by atoms with van der Waals surface area (Å²) in [5.74, 6) is -0.943. The minimum Gasteiger partial charge on any atom is -0.342 e. The van der Waals surface area contributed by atoms with Crippen LogP contribution in [0.1, 0.15) is 19.4 Å². The summed E-state index contributed by atoms with van der Waals surface area (Å²) in [6, 6.07) is 3.99. The molecule has 0 heterocycles. The lowest BCUT2D eigenvalue weighted by atomic mass is 10.2. The molecule has 0 aromatic heterocycles. The maximum Gasteiger partial charge on any atom is 0.305 e. The van der Waals surface area contributed by atoms with Gasteiger partial charge in [0.2, 0.25) is 11.7 Å². The highest BCUT2D eigenvalue weighted by Gasteiger charge is 2.17. The number of benzene rings is 1. The van der Waals surface area contributed by atoms with Gasteiger partial charge in [0.25, 0.3) is 0 Å². The van der Waals surface area contributed by atoms with Crippen molar-refractivity contribution in [2.75, 3.05) is 19.6 Å². The molecule has 0 fully saturated rings. The number of hydrogen-bond acceptors (Lipinski definition) is 4. The zero-order valence-electron chi connectivity index (χ0n) is 11.6. The van der Waals surface area contributed by atoms with E-state index >= 15 is 0 Å². The molecule has 20 heavy (non-hydrogen) atoms. The first-order valence-electron chi connectivity index (χ1n) is 6.41. The number of carbonyl (C=O) groups excluding carboxylic acids is 1. The third kappa shape index (κ3) is 3.99. The van der Waals surface area contributed by atoms with Crippen LogP contribution < -0.4 is 5.32 Å². The minimum atomic E-state index is -0.861. The molecule has 1 N–H and O–H groups in total. The average molecular weight is 283 g/mol. The summed E-state index contributed by atoms with van der Waals surface area (Å²) in [5, 5.41) is 13.4. The lowest BCUT2D eigenvalue weighted by molar-refractivity contribution is -0.387. The Morgan fingerprint density at radius 3 is 2.60 bits per heavy atom. The van der Waals surface area contributed by atoms with Crippen LogP contribution in [0.15, 0.2) is 18.2 Å². The molecular weight excluding hydrogens is 265 g/mol. The van der Waals surface area contributed by atoms with Crippen molar-refractivity contribution < 1.29 is 14.1 Å². The predicted octanol–water partition coefficient (Wildman–Crippen LogP) is 1.69. The van der Waals surface area contributed by atoms with Crippen molar-refractivity contribution >= 4 is 11.6 Å². The topological polar surface area (TPSA) is 75.5 Å². The van der Waals surface area contributed by atoms with Gasteiger partial charge in [-0.1, -0.05) is 12.1 Å². The fourth-order valence-corrected chi connectivity index (χ4v) is 1.84. The van der Waals surface area contributed by atoms with Crippen LogP contribution in [0.2, 0.25) is 0 Å². The molecule has 0 saturated carbocycles. The van der Waals surface area contributed by atoms with E-state index in [0.717, 1.165) is 6.07 Å². The van der Waals surface area contributed by atoms with Crippen LogP contribution in [0.4, 0.5) is 10.1 Å². The van der Waals surface area contributed by atoms with E-state index in [2.05, 4.69) is 5.32 Å². The van der Waals surface area contributed by atoms with Gasteiger partial charge in [-0.05, 0) is 13.8 Å². The van der Waals surface area contributed by atoms with Crippen molar-refractivity contribution in [1.29, 1.82) is 0 Å². The van der Waals surface area contributed by atoms with Gasteiger partial charge in [-0.25, -0.2) is 0 Å². The van der Waals surface area contributed by atoms with E-state index in [9.17, 15) is 19.3 Å². The molecule has 0 aliphatic carbocycles. The first kappa shape index (κ1) is 16.0. The van der Waals surface area contributed by atoms with E-state index < -0.39 is 16.4 Å². The monoisotopic (exact) mass is 283 g/mol. The molecular formula is C13H18FN3O3. The highest BCUT2D eigenvalue weighted by molar-refractivity contribution is 5.78. The van der Waals surface area contributed by atoms with Crippen molar-refractivity contribution in [2.24, 2.45) is 0 Å². The number of nitrogens with zero attached hydrogens (tertiary/aromatic N) is 2. The molecule has 6 nitrogen and oxygen atoms in total. The molecule has 0 spiro atoms. The largest absolute Gasteiger partial charge is 0.342 e. The SMILES string of the molecule is CCN(CC)C(=O)CNCc1cccc([N+](=O)[O-])c1F. The van der Waals surface area contributed by atoms with Crippen LogP contribution in [-0.2, 0) is 11.3 Å². The zero-order chi connectivity index (χ0) is 15.1. The van der Waals surface area contributed by atoms with Crippen molar-refractivity contribution in [3.8, 4) is 0 Å². The molecule has 7 heteroatoms. The maximum atomic E-state index is 13.8. The second-order valence-electron chi connectivity index (χ2n) is 4.18. The number of likely N-dealkylation sites (N-methyl/N-ethyl adjacent to an activating group) is 1. The van der Waals surface area contributed by atoms with E-state index in [0.29, 0.717) is 13.1 Å². The summed E-state index contributed by atoms with van der Waals surface area (Å²) in [4.78, 5) is 23.2. The fraction of sp³-hybridized carbons (Fsp3) is 0.462. The van der Waals surface area contributed by atoms with Gasteiger partial charge < -0.3 is 10.2 Å². The third-order valence-corrected chi connectivity index (χ3v) is 2.96. The van der Waals surface area contributed by atoms with E-state index in [4.69, 9.17) is 0 Å². The van der Waals surface area contributed by atoms with Gasteiger partial charge in [0.15, 0.2) is 0 Å². The number of nitrogens with one attached hydrogen (secondary N) is 1. The van der Waals surface area contributed by atoms with E-state index in [1.807, 2.05) is 13.8 Å². The van der Waals surface area contributed by atoms with Crippen LogP contribution in [0.25, 0.3) is 0 Å². The Kier molecular flexibility index (Phi) is 6.05. The summed E-state index contributed by atoms with van der Waals surface area (Å²) < 4.78 is 13.8. The summed E-state index contributed by atoms with van der Waals surface area (Å²) in [6.45, 7) is 5.12. The number of hydrogen-bond donors (Lipinski definition) is 1. The highest BCUT2D eigenvalue weighted by Crippen LogP contribution is 2.19. The first-order chi connectivity index (χ1) is 9.51. The number of rotatable bonds is 7. The molecule has 1 amide bonds. The number of nitro groups is 1. The molecule has 0 saturated heterocycles. The fourth-order valence-electron chi connectivity index (χ4n) is 1.84. The van der Waals surface area contributed by atoms with Crippen molar-refractivity contribution in [1.82, 2.24) is 10.2 Å². The van der Waals surface area contributed by atoms with Gasteiger partial charge in [0.05, 0.1) is 11.5 Å². The number of carbonyl (C=O) groups is 1. The van der Waals surface area contributed by atoms with Crippen LogP contribution in [-0.4, -0.2) is 35.4 Å². The third-order valence-electron chi connectivity index (χ3n) is 2.96. The van der Waals surface area contributed by atoms with E-state index in [1.165, 1.54) is 12.1 Å². The number of halogens is 1. The average Bonchev–Trinajstić information content (AvgIpc) is 2.41. The Morgan fingerprint density at radius 2 is 2.05 bits per heavy atom. The van der Waals surface area contributed by atoms with Gasteiger partial charge in [-0.3, -0.25) is 14.9 Å². The number of nitro benzene ring substituents is 1. The van der Waals surface area contributed by atoms with Gasteiger partial charge in [0, 0.05) is 31.3 Å².